The van der Waals surface area contributed by atoms with Crippen molar-refractivity contribution >= 4 is 12.0 Å². The minimum Gasteiger partial charge on any atom is -0.497 e. The summed E-state index contributed by atoms with van der Waals surface area (Å²) in [5.74, 6) is 1.08. The van der Waals surface area contributed by atoms with Crippen molar-refractivity contribution in [1.82, 2.24) is 14.5 Å². The van der Waals surface area contributed by atoms with Crippen molar-refractivity contribution in [1.29, 1.82) is 0 Å². The minimum absolute atomic E-state index is 0.188. The summed E-state index contributed by atoms with van der Waals surface area (Å²) < 4.78 is 7.42. The van der Waals surface area contributed by atoms with Gasteiger partial charge in [-0.3, -0.25) is 4.79 Å². The zero-order chi connectivity index (χ0) is 22.2. The molecule has 3 aromatic rings. The molecular weight excluding hydrogens is 398 g/mol. The Morgan fingerprint density at radius 1 is 1.09 bits per heavy atom. The van der Waals surface area contributed by atoms with Crippen LogP contribution in [0.3, 0.4) is 0 Å². The van der Waals surface area contributed by atoms with Gasteiger partial charge in [0.2, 0.25) is 5.91 Å². The summed E-state index contributed by atoms with van der Waals surface area (Å²) in [6.07, 6.45) is 9.63. The van der Waals surface area contributed by atoms with E-state index >= 15 is 0 Å². The van der Waals surface area contributed by atoms with Crippen LogP contribution in [0, 0.1) is 13.8 Å². The Labute approximate surface area is 189 Å². The quantitative estimate of drug-likeness (QED) is 0.569. The molecule has 5 rings (SSSR count). The zero-order valence-electron chi connectivity index (χ0n) is 19.0. The van der Waals surface area contributed by atoms with Crippen LogP contribution in [-0.4, -0.2) is 40.1 Å². The number of ether oxygens (including phenoxy) is 1. The van der Waals surface area contributed by atoms with Crippen molar-refractivity contribution in [3.63, 3.8) is 0 Å². The van der Waals surface area contributed by atoms with E-state index in [0.717, 1.165) is 66.1 Å². The van der Waals surface area contributed by atoms with E-state index in [4.69, 9.17) is 4.74 Å². The molecule has 1 aromatic heterocycles. The van der Waals surface area contributed by atoms with E-state index in [1.807, 2.05) is 30.1 Å². The summed E-state index contributed by atoms with van der Waals surface area (Å²) in [5.41, 5.74) is 7.90. The number of hydrogen-bond acceptors (Lipinski definition) is 3. The molecule has 2 aliphatic rings. The number of benzene rings is 2. The smallest absolute Gasteiger partial charge is 0.250 e. The third kappa shape index (κ3) is 3.83. The molecule has 0 N–H and O–H groups in total. The third-order valence-corrected chi connectivity index (χ3v) is 6.70. The SMILES string of the molecule is COc1ccc2c(c1)C[C@H](N1CCC/C(=C\c3ccc(-n4cnc(C)c4)c(C)c3)C1=O)C2. The number of nitrogens with zero attached hydrogens (tertiary/aromatic N) is 3. The first-order chi connectivity index (χ1) is 15.5. The molecule has 0 radical (unpaired) electrons. The average molecular weight is 428 g/mol. The number of carbonyl (C=O) groups excluding carboxylic acids is 1. The van der Waals surface area contributed by atoms with Crippen LogP contribution in [0.2, 0.25) is 0 Å². The highest BCUT2D eigenvalue weighted by molar-refractivity contribution is 5.98. The number of fused-ring (bicyclic) bond motifs is 1. The van der Waals surface area contributed by atoms with Crippen molar-refractivity contribution in [2.45, 2.75) is 45.6 Å². The van der Waals surface area contributed by atoms with Crippen molar-refractivity contribution in [2.24, 2.45) is 0 Å². The molecule has 1 saturated heterocycles. The van der Waals surface area contributed by atoms with E-state index in [9.17, 15) is 4.79 Å². The van der Waals surface area contributed by atoms with E-state index in [-0.39, 0.29) is 11.9 Å². The predicted molar refractivity (Wildman–Crippen MR) is 126 cm³/mol. The number of imidazole rings is 1. The van der Waals surface area contributed by atoms with Gasteiger partial charge in [0, 0.05) is 30.0 Å². The van der Waals surface area contributed by atoms with E-state index in [1.54, 1.807) is 7.11 Å². The van der Waals surface area contributed by atoms with Gasteiger partial charge in [-0.25, -0.2) is 4.98 Å². The van der Waals surface area contributed by atoms with Crippen molar-refractivity contribution < 1.29 is 9.53 Å². The maximum Gasteiger partial charge on any atom is 0.250 e. The van der Waals surface area contributed by atoms with Gasteiger partial charge in [0.1, 0.15) is 5.75 Å². The normalized spacial score (nSPS) is 19.5. The zero-order valence-corrected chi connectivity index (χ0v) is 19.0. The number of methoxy groups -OCH3 is 1. The summed E-state index contributed by atoms with van der Waals surface area (Å²) in [7, 11) is 1.70. The fraction of sp³-hybridized carbons (Fsp3) is 0.333. The molecule has 1 aliphatic carbocycles. The van der Waals surface area contributed by atoms with Gasteiger partial charge in [0.15, 0.2) is 0 Å². The van der Waals surface area contributed by atoms with Gasteiger partial charge < -0.3 is 14.2 Å². The monoisotopic (exact) mass is 427 g/mol. The molecule has 2 aromatic carbocycles. The molecule has 5 heteroatoms. The van der Waals surface area contributed by atoms with E-state index in [2.05, 4.69) is 53.2 Å². The topological polar surface area (TPSA) is 47.4 Å². The van der Waals surface area contributed by atoms with Crippen LogP contribution < -0.4 is 4.74 Å². The summed E-state index contributed by atoms with van der Waals surface area (Å²) in [5, 5.41) is 0. The molecule has 2 heterocycles. The largest absolute Gasteiger partial charge is 0.497 e. The second-order valence-corrected chi connectivity index (χ2v) is 8.94. The Morgan fingerprint density at radius 2 is 1.94 bits per heavy atom. The maximum atomic E-state index is 13.4. The Bertz CT molecular complexity index is 1210. The van der Waals surface area contributed by atoms with Gasteiger partial charge >= 0.3 is 0 Å². The van der Waals surface area contributed by atoms with Crippen LogP contribution in [0.5, 0.6) is 5.75 Å². The van der Waals surface area contributed by atoms with E-state index in [1.165, 1.54) is 11.1 Å². The van der Waals surface area contributed by atoms with Crippen LogP contribution in [0.15, 0.2) is 54.5 Å². The number of likely N-dealkylation sites (tertiary alicyclic amines) is 1. The molecule has 0 unspecified atom stereocenters. The molecule has 1 amide bonds. The molecule has 164 valence electrons. The number of carbonyl (C=O) groups is 1. The van der Waals surface area contributed by atoms with Crippen molar-refractivity contribution in [3.05, 3.63) is 82.4 Å². The lowest BCUT2D eigenvalue weighted by atomic mass is 9.97. The van der Waals surface area contributed by atoms with Gasteiger partial charge in [-0.05, 0) is 92.1 Å². The first kappa shape index (κ1) is 20.6. The maximum absolute atomic E-state index is 13.4. The molecule has 1 fully saturated rings. The minimum atomic E-state index is 0.188. The molecule has 0 spiro atoms. The van der Waals surface area contributed by atoms with Crippen LogP contribution in [0.1, 0.15) is 40.8 Å². The second kappa shape index (κ2) is 8.30. The van der Waals surface area contributed by atoms with Gasteiger partial charge in [-0.15, -0.1) is 0 Å². The molecular formula is C27H29N3O2. The first-order valence-electron chi connectivity index (χ1n) is 11.3. The van der Waals surface area contributed by atoms with Gasteiger partial charge in [-0.1, -0.05) is 12.1 Å². The lowest BCUT2D eigenvalue weighted by Gasteiger charge is -2.33. The third-order valence-electron chi connectivity index (χ3n) is 6.70. The summed E-state index contributed by atoms with van der Waals surface area (Å²) in [6.45, 7) is 4.93. The van der Waals surface area contributed by atoms with Gasteiger partial charge in [-0.2, -0.15) is 0 Å². The Hall–Kier alpha value is -3.34. The standard InChI is InChI=1S/C27H29N3O2/c1-18-11-20(6-9-26(18)29-16-19(2)28-17-29)12-22-5-4-10-30(27(22)31)24-13-21-7-8-25(32-3)15-23(21)14-24/h6-9,11-12,15-17,24H,4-5,10,13-14H2,1-3H3/b22-12+/t24-/m1/s1. The highest BCUT2D eigenvalue weighted by atomic mass is 16.5. The number of piperidine rings is 1. The average Bonchev–Trinajstić information content (AvgIpc) is 3.40. The van der Waals surface area contributed by atoms with Crippen molar-refractivity contribution in [3.8, 4) is 11.4 Å². The molecule has 1 atom stereocenters. The molecule has 5 nitrogen and oxygen atoms in total. The highest BCUT2D eigenvalue weighted by Crippen LogP contribution is 2.32. The number of aryl methyl sites for hydroxylation is 2. The summed E-state index contributed by atoms with van der Waals surface area (Å²) in [4.78, 5) is 19.8. The first-order valence-corrected chi connectivity index (χ1v) is 11.3. The Balaban J connectivity index is 1.35. The number of hydrogen-bond donors (Lipinski definition) is 0. The number of amides is 1. The molecule has 0 saturated carbocycles. The fourth-order valence-corrected chi connectivity index (χ4v) is 5.05. The van der Waals surface area contributed by atoms with Crippen LogP contribution >= 0.6 is 0 Å². The molecule has 1 aliphatic heterocycles. The molecule has 32 heavy (non-hydrogen) atoms. The Kier molecular flexibility index (Phi) is 5.33. The van der Waals surface area contributed by atoms with E-state index < -0.39 is 0 Å². The van der Waals surface area contributed by atoms with Crippen LogP contribution in [-0.2, 0) is 17.6 Å². The Morgan fingerprint density at radius 3 is 2.69 bits per heavy atom. The number of aromatic nitrogens is 2. The predicted octanol–water partition coefficient (Wildman–Crippen LogP) is 4.67. The van der Waals surface area contributed by atoms with Crippen LogP contribution in [0.4, 0.5) is 0 Å². The van der Waals surface area contributed by atoms with E-state index in [0.29, 0.717) is 0 Å². The lowest BCUT2D eigenvalue weighted by Crippen LogP contribution is -2.44. The second-order valence-electron chi connectivity index (χ2n) is 8.94. The van der Waals surface area contributed by atoms with Gasteiger partial charge in [0.25, 0.3) is 0 Å². The summed E-state index contributed by atoms with van der Waals surface area (Å²) in [6, 6.07) is 12.9. The van der Waals surface area contributed by atoms with Gasteiger partial charge in [0.05, 0.1) is 19.1 Å². The number of rotatable bonds is 4. The molecule has 0 bridgehead atoms. The fourth-order valence-electron chi connectivity index (χ4n) is 5.05. The van der Waals surface area contributed by atoms with Crippen LogP contribution in [0.25, 0.3) is 11.8 Å². The lowest BCUT2D eigenvalue weighted by molar-refractivity contribution is -0.130. The highest BCUT2D eigenvalue weighted by Gasteiger charge is 2.33. The van der Waals surface area contributed by atoms with Crippen molar-refractivity contribution in [2.75, 3.05) is 13.7 Å². The summed E-state index contributed by atoms with van der Waals surface area (Å²) >= 11 is 0.